The first-order valence-electron chi connectivity index (χ1n) is 5.45. The van der Waals surface area contributed by atoms with Crippen LogP contribution in [0.4, 0.5) is 5.69 Å². The molecule has 0 aliphatic heterocycles. The van der Waals surface area contributed by atoms with Crippen molar-refractivity contribution in [3.8, 4) is 0 Å². The van der Waals surface area contributed by atoms with Gasteiger partial charge in [-0.2, -0.15) is 0 Å². The lowest BCUT2D eigenvalue weighted by Gasteiger charge is -2.22. The lowest BCUT2D eigenvalue weighted by Crippen LogP contribution is -2.23. The molecule has 1 aromatic rings. The van der Waals surface area contributed by atoms with Crippen molar-refractivity contribution in [1.82, 2.24) is 0 Å². The minimum Gasteiger partial charge on any atom is -0.294 e. The molecule has 3 rings (SSSR count). The Hall–Kier alpha value is -1.71. The zero-order valence-electron chi connectivity index (χ0n) is 8.73. The largest absolute Gasteiger partial charge is 0.294 e. The fourth-order valence-electron chi connectivity index (χ4n) is 2.51. The summed E-state index contributed by atoms with van der Waals surface area (Å²) >= 11 is 0. The summed E-state index contributed by atoms with van der Waals surface area (Å²) in [6, 6.07) is 4.65. The van der Waals surface area contributed by atoms with Crippen LogP contribution >= 0.6 is 0 Å². The zero-order valence-corrected chi connectivity index (χ0v) is 8.73. The number of carbonyl (C=O) groups excluding carboxylic acids is 1. The highest BCUT2D eigenvalue weighted by Gasteiger charge is 2.51. The molecule has 0 N–H and O–H groups in total. The molecule has 0 aromatic heterocycles. The molecule has 1 aromatic carbocycles. The molecule has 0 bridgehead atoms. The van der Waals surface area contributed by atoms with E-state index in [0.29, 0.717) is 5.56 Å². The number of rotatable bonds is 1. The quantitative estimate of drug-likeness (QED) is 0.536. The summed E-state index contributed by atoms with van der Waals surface area (Å²) in [5.41, 5.74) is 1.42. The lowest BCUT2D eigenvalue weighted by atomic mass is 9.80. The van der Waals surface area contributed by atoms with Crippen molar-refractivity contribution < 1.29 is 9.72 Å². The number of ketones is 1. The van der Waals surface area contributed by atoms with E-state index in [-0.39, 0.29) is 16.9 Å². The van der Waals surface area contributed by atoms with Crippen LogP contribution in [0, 0.1) is 15.5 Å². The summed E-state index contributed by atoms with van der Waals surface area (Å²) < 4.78 is 0. The van der Waals surface area contributed by atoms with Crippen molar-refractivity contribution in [2.45, 2.75) is 25.7 Å². The molecule has 0 radical (unpaired) electrons. The number of carbonyl (C=O) groups is 1. The Morgan fingerprint density at radius 3 is 2.62 bits per heavy atom. The molecule has 16 heavy (non-hydrogen) atoms. The van der Waals surface area contributed by atoms with Crippen molar-refractivity contribution in [2.75, 3.05) is 0 Å². The fourth-order valence-corrected chi connectivity index (χ4v) is 2.51. The molecule has 82 valence electrons. The van der Waals surface area contributed by atoms with Gasteiger partial charge in [-0.3, -0.25) is 14.9 Å². The molecule has 4 heteroatoms. The van der Waals surface area contributed by atoms with E-state index < -0.39 is 4.92 Å². The predicted octanol–water partition coefficient (Wildman–Crippen LogP) is 2.50. The topological polar surface area (TPSA) is 60.2 Å². The van der Waals surface area contributed by atoms with E-state index in [0.717, 1.165) is 31.2 Å². The van der Waals surface area contributed by atoms with E-state index in [9.17, 15) is 14.9 Å². The number of Topliss-reactive ketones (excluding diaryl/α,β-unsaturated/α-hetero) is 1. The third-order valence-electron chi connectivity index (χ3n) is 3.76. The minimum absolute atomic E-state index is 0.0183. The van der Waals surface area contributed by atoms with E-state index in [2.05, 4.69) is 0 Å². The first kappa shape index (κ1) is 9.51. The molecular formula is C12H11NO3. The molecule has 0 amide bonds. The molecule has 2 aliphatic rings. The number of nitrogens with zero attached hydrogens (tertiary/aromatic N) is 1. The van der Waals surface area contributed by atoms with Gasteiger partial charge in [0.1, 0.15) is 0 Å². The van der Waals surface area contributed by atoms with Crippen LogP contribution in [-0.2, 0) is 6.42 Å². The van der Waals surface area contributed by atoms with Gasteiger partial charge in [0.25, 0.3) is 5.69 Å². The van der Waals surface area contributed by atoms with Crippen LogP contribution in [0.1, 0.15) is 35.2 Å². The minimum atomic E-state index is -0.443. The van der Waals surface area contributed by atoms with E-state index in [1.165, 1.54) is 12.1 Å². The van der Waals surface area contributed by atoms with Crippen LogP contribution in [-0.4, -0.2) is 10.7 Å². The molecule has 1 fully saturated rings. The van der Waals surface area contributed by atoms with Gasteiger partial charge in [0.15, 0.2) is 5.78 Å². The van der Waals surface area contributed by atoms with Gasteiger partial charge in [-0.1, -0.05) is 6.07 Å². The average molecular weight is 217 g/mol. The maximum atomic E-state index is 12.2. The number of benzene rings is 1. The number of non-ortho nitro benzene ring substituents is 1. The Kier molecular flexibility index (Phi) is 1.73. The Morgan fingerprint density at radius 1 is 1.25 bits per heavy atom. The fraction of sp³-hybridized carbons (Fsp3) is 0.417. The number of hydrogen-bond acceptors (Lipinski definition) is 3. The lowest BCUT2D eigenvalue weighted by molar-refractivity contribution is -0.384. The molecule has 0 saturated heterocycles. The van der Waals surface area contributed by atoms with Gasteiger partial charge in [-0.05, 0) is 31.2 Å². The van der Waals surface area contributed by atoms with Crippen LogP contribution in [0.3, 0.4) is 0 Å². The number of hydrogen-bond donors (Lipinski definition) is 0. The van der Waals surface area contributed by atoms with Crippen molar-refractivity contribution in [2.24, 2.45) is 5.41 Å². The summed E-state index contributed by atoms with van der Waals surface area (Å²) in [7, 11) is 0. The highest BCUT2D eigenvalue weighted by Crippen LogP contribution is 2.54. The summed E-state index contributed by atoms with van der Waals surface area (Å²) in [5.74, 6) is 0.123. The molecule has 1 saturated carbocycles. The monoisotopic (exact) mass is 217 g/mol. The number of aryl methyl sites for hydroxylation is 1. The smallest absolute Gasteiger partial charge is 0.270 e. The Bertz CT molecular complexity index is 503. The summed E-state index contributed by atoms with van der Waals surface area (Å²) in [5, 5.41) is 10.7. The number of nitro groups is 1. The summed E-state index contributed by atoms with van der Waals surface area (Å²) in [6.07, 6.45) is 3.69. The third-order valence-corrected chi connectivity index (χ3v) is 3.76. The first-order chi connectivity index (χ1) is 7.62. The van der Waals surface area contributed by atoms with Gasteiger partial charge in [-0.25, -0.2) is 0 Å². The maximum Gasteiger partial charge on any atom is 0.270 e. The van der Waals surface area contributed by atoms with Gasteiger partial charge in [0.2, 0.25) is 0 Å². The van der Waals surface area contributed by atoms with E-state index >= 15 is 0 Å². The van der Waals surface area contributed by atoms with Crippen LogP contribution in [0.25, 0.3) is 0 Å². The van der Waals surface area contributed by atoms with Gasteiger partial charge in [-0.15, -0.1) is 0 Å². The van der Waals surface area contributed by atoms with E-state index in [1.54, 1.807) is 6.07 Å². The first-order valence-corrected chi connectivity index (χ1v) is 5.45. The third kappa shape index (κ3) is 1.19. The SMILES string of the molecule is O=C1c2cc([N+](=O)[O-])ccc2CCC12CC2. The van der Waals surface area contributed by atoms with Crippen LogP contribution in [0.15, 0.2) is 18.2 Å². The van der Waals surface area contributed by atoms with Crippen molar-refractivity contribution in [1.29, 1.82) is 0 Å². The standard InChI is InChI=1S/C12H11NO3/c14-11-10-7-9(13(15)16)2-1-8(10)3-4-12(11)5-6-12/h1-2,7H,3-6H2. The Labute approximate surface area is 92.4 Å². The second-order valence-electron chi connectivity index (χ2n) is 4.71. The van der Waals surface area contributed by atoms with Gasteiger partial charge in [0.05, 0.1) is 4.92 Å². The van der Waals surface area contributed by atoms with E-state index in [4.69, 9.17) is 0 Å². The highest BCUT2D eigenvalue weighted by molar-refractivity contribution is 6.04. The van der Waals surface area contributed by atoms with Gasteiger partial charge >= 0.3 is 0 Å². The zero-order chi connectivity index (χ0) is 11.3. The maximum absolute atomic E-state index is 12.2. The molecule has 0 atom stereocenters. The van der Waals surface area contributed by atoms with Gasteiger partial charge < -0.3 is 0 Å². The highest BCUT2D eigenvalue weighted by atomic mass is 16.6. The van der Waals surface area contributed by atoms with Crippen molar-refractivity contribution >= 4 is 11.5 Å². The Morgan fingerprint density at radius 2 is 2.00 bits per heavy atom. The average Bonchev–Trinajstić information content (AvgIpc) is 3.05. The van der Waals surface area contributed by atoms with Gasteiger partial charge in [0, 0.05) is 23.1 Å². The summed E-state index contributed by atoms with van der Waals surface area (Å²) in [4.78, 5) is 22.4. The second kappa shape index (κ2) is 2.90. The summed E-state index contributed by atoms with van der Waals surface area (Å²) in [6.45, 7) is 0. The van der Waals surface area contributed by atoms with Crippen LogP contribution < -0.4 is 0 Å². The number of nitro benzene ring substituents is 1. The normalized spacial score (nSPS) is 20.6. The molecule has 1 spiro atoms. The van der Waals surface area contributed by atoms with Crippen LogP contribution in [0.2, 0.25) is 0 Å². The molecule has 0 unspecified atom stereocenters. The second-order valence-corrected chi connectivity index (χ2v) is 4.71. The number of fused-ring (bicyclic) bond motifs is 1. The molecule has 0 heterocycles. The Balaban J connectivity index is 2.10. The predicted molar refractivity (Wildman–Crippen MR) is 57.4 cm³/mol. The van der Waals surface area contributed by atoms with Crippen molar-refractivity contribution in [3.63, 3.8) is 0 Å². The molecular weight excluding hydrogens is 206 g/mol. The molecule has 2 aliphatic carbocycles. The molecule has 4 nitrogen and oxygen atoms in total. The van der Waals surface area contributed by atoms with Crippen molar-refractivity contribution in [3.05, 3.63) is 39.4 Å². The van der Waals surface area contributed by atoms with E-state index in [1.807, 2.05) is 0 Å². The van der Waals surface area contributed by atoms with Crippen LogP contribution in [0.5, 0.6) is 0 Å².